The molecule has 1 heterocycles. The minimum absolute atomic E-state index is 0.135. The molecule has 1 amide bonds. The van der Waals surface area contributed by atoms with Crippen LogP contribution >= 0.6 is 0 Å². The van der Waals surface area contributed by atoms with E-state index in [4.69, 9.17) is 10.00 Å². The standard InChI is InChI=1S/C25H20N4O3/c1-15-3-12-21-23(16(15)2)27-25(31)24(21)29-28-22(30)14-32-20-10-8-19(9-11-20)18-6-4-17(13-26)5-7-18/h3-12,27,31H,14H2,1-2H3. The molecule has 0 aliphatic heterocycles. The van der Waals surface area contributed by atoms with E-state index < -0.39 is 5.91 Å². The molecule has 32 heavy (non-hydrogen) atoms. The number of rotatable bonds is 5. The summed E-state index contributed by atoms with van der Waals surface area (Å²) in [6.45, 7) is 3.65. The van der Waals surface area contributed by atoms with E-state index in [0.29, 0.717) is 16.7 Å². The van der Waals surface area contributed by atoms with Crippen LogP contribution in [0.3, 0.4) is 0 Å². The molecular formula is C25H20N4O3. The zero-order chi connectivity index (χ0) is 22.7. The average molecular weight is 424 g/mol. The van der Waals surface area contributed by atoms with Crippen molar-refractivity contribution in [3.8, 4) is 28.8 Å². The van der Waals surface area contributed by atoms with E-state index in [1.54, 1.807) is 24.3 Å². The highest BCUT2D eigenvalue weighted by Gasteiger charge is 2.13. The molecule has 0 radical (unpaired) electrons. The van der Waals surface area contributed by atoms with Crippen molar-refractivity contribution in [2.45, 2.75) is 13.8 Å². The number of nitrogens with one attached hydrogen (secondary N) is 1. The smallest absolute Gasteiger partial charge is 0.302 e. The van der Waals surface area contributed by atoms with Crippen LogP contribution in [0, 0.1) is 25.2 Å². The quantitative estimate of drug-likeness (QED) is 0.399. The first-order chi connectivity index (χ1) is 15.5. The Balaban J connectivity index is 1.40. The number of fused-ring (bicyclic) bond motifs is 1. The Morgan fingerprint density at radius 3 is 2.34 bits per heavy atom. The van der Waals surface area contributed by atoms with E-state index in [-0.39, 0.29) is 18.2 Å². The van der Waals surface area contributed by atoms with Crippen LogP contribution in [0.25, 0.3) is 22.0 Å². The molecule has 0 bridgehead atoms. The van der Waals surface area contributed by atoms with E-state index in [1.807, 2.05) is 50.2 Å². The Bertz CT molecular complexity index is 1360. The fourth-order valence-electron chi connectivity index (χ4n) is 3.34. The molecule has 7 nitrogen and oxygen atoms in total. The highest BCUT2D eigenvalue weighted by Crippen LogP contribution is 2.37. The summed E-state index contributed by atoms with van der Waals surface area (Å²) in [7, 11) is 0. The fourth-order valence-corrected chi connectivity index (χ4v) is 3.34. The topological polar surface area (TPSA) is 111 Å². The van der Waals surface area contributed by atoms with Crippen LogP contribution in [-0.4, -0.2) is 22.6 Å². The third-order valence-corrected chi connectivity index (χ3v) is 5.28. The van der Waals surface area contributed by atoms with Gasteiger partial charge in [0, 0.05) is 5.39 Å². The molecule has 2 N–H and O–H groups in total. The molecule has 0 saturated heterocycles. The average Bonchev–Trinajstić information content (AvgIpc) is 3.15. The number of benzene rings is 3. The molecule has 0 aliphatic carbocycles. The summed E-state index contributed by atoms with van der Waals surface area (Å²) in [5.74, 6) is -0.185. The Morgan fingerprint density at radius 2 is 1.69 bits per heavy atom. The summed E-state index contributed by atoms with van der Waals surface area (Å²) in [4.78, 5) is 15.0. The summed E-state index contributed by atoms with van der Waals surface area (Å²) in [6.07, 6.45) is 0. The fraction of sp³-hybridized carbons (Fsp3) is 0.120. The molecule has 3 aromatic carbocycles. The molecule has 0 atom stereocenters. The molecule has 7 heteroatoms. The number of hydrogen-bond acceptors (Lipinski definition) is 5. The maximum absolute atomic E-state index is 12.1. The number of aromatic nitrogens is 1. The summed E-state index contributed by atoms with van der Waals surface area (Å²) in [5, 5.41) is 27.4. The molecule has 158 valence electrons. The second-order valence-electron chi connectivity index (χ2n) is 7.35. The molecule has 0 saturated carbocycles. The van der Waals surface area contributed by atoms with Crippen LogP contribution in [0.5, 0.6) is 11.6 Å². The molecule has 4 aromatic rings. The number of carbonyl (C=O) groups is 1. The van der Waals surface area contributed by atoms with Gasteiger partial charge >= 0.3 is 5.91 Å². The van der Waals surface area contributed by atoms with Crippen molar-refractivity contribution in [3.63, 3.8) is 0 Å². The second-order valence-corrected chi connectivity index (χ2v) is 7.35. The molecule has 1 aromatic heterocycles. The van der Waals surface area contributed by atoms with Crippen LogP contribution in [0.1, 0.15) is 16.7 Å². The number of H-pyrrole nitrogens is 1. The normalized spacial score (nSPS) is 11.0. The maximum atomic E-state index is 12.1. The van der Waals surface area contributed by atoms with E-state index in [2.05, 4.69) is 21.3 Å². The van der Waals surface area contributed by atoms with Crippen LogP contribution < -0.4 is 4.74 Å². The summed E-state index contributed by atoms with van der Waals surface area (Å²) < 4.78 is 5.50. The first-order valence-corrected chi connectivity index (χ1v) is 9.95. The first-order valence-electron chi connectivity index (χ1n) is 9.95. The molecule has 0 aliphatic rings. The third kappa shape index (κ3) is 4.20. The number of carbonyl (C=O) groups excluding carboxylic acids is 1. The number of aromatic hydroxyl groups is 1. The van der Waals surface area contributed by atoms with Gasteiger partial charge in [0.1, 0.15) is 5.75 Å². The number of nitrogens with zero attached hydrogens (tertiary/aromatic N) is 3. The molecule has 0 unspecified atom stereocenters. The van der Waals surface area contributed by atoms with Gasteiger partial charge in [-0.2, -0.15) is 5.26 Å². The van der Waals surface area contributed by atoms with Gasteiger partial charge in [-0.05, 0) is 60.4 Å². The number of ether oxygens (including phenoxy) is 1. The minimum Gasteiger partial charge on any atom is -0.493 e. The van der Waals surface area contributed by atoms with E-state index >= 15 is 0 Å². The van der Waals surface area contributed by atoms with Gasteiger partial charge in [0.15, 0.2) is 12.3 Å². The lowest BCUT2D eigenvalue weighted by atomic mass is 10.0. The highest BCUT2D eigenvalue weighted by atomic mass is 16.5. The van der Waals surface area contributed by atoms with Crippen molar-refractivity contribution >= 4 is 22.5 Å². The molecule has 0 spiro atoms. The van der Waals surface area contributed by atoms with Crippen LogP contribution in [-0.2, 0) is 4.79 Å². The highest BCUT2D eigenvalue weighted by molar-refractivity contribution is 5.96. The van der Waals surface area contributed by atoms with Gasteiger partial charge in [-0.3, -0.25) is 4.79 Å². The lowest BCUT2D eigenvalue weighted by molar-refractivity contribution is -0.120. The van der Waals surface area contributed by atoms with Crippen LogP contribution in [0.4, 0.5) is 5.69 Å². The number of azo groups is 1. The van der Waals surface area contributed by atoms with Gasteiger partial charge in [0.05, 0.1) is 17.1 Å². The Kier molecular flexibility index (Phi) is 5.69. The largest absolute Gasteiger partial charge is 0.493 e. The number of amides is 1. The van der Waals surface area contributed by atoms with Gasteiger partial charge in [0.2, 0.25) is 5.88 Å². The Hall–Kier alpha value is -4.44. The van der Waals surface area contributed by atoms with E-state index in [1.165, 1.54) is 0 Å². The number of aromatic amines is 1. The molecule has 4 rings (SSSR count). The minimum atomic E-state index is -0.571. The van der Waals surface area contributed by atoms with Gasteiger partial charge in [-0.15, -0.1) is 10.2 Å². The summed E-state index contributed by atoms with van der Waals surface area (Å²) in [5.41, 5.74) is 5.62. The maximum Gasteiger partial charge on any atom is 0.302 e. The summed E-state index contributed by atoms with van der Waals surface area (Å²) >= 11 is 0. The van der Waals surface area contributed by atoms with Gasteiger partial charge in [-0.1, -0.05) is 36.4 Å². The number of hydrogen-bond donors (Lipinski definition) is 2. The zero-order valence-corrected chi connectivity index (χ0v) is 17.6. The van der Waals surface area contributed by atoms with Crippen LogP contribution in [0.2, 0.25) is 0 Å². The summed E-state index contributed by atoms with van der Waals surface area (Å²) in [6, 6.07) is 20.4. The monoisotopic (exact) mass is 424 g/mol. The molecular weight excluding hydrogens is 404 g/mol. The first kappa shape index (κ1) is 20.8. The van der Waals surface area contributed by atoms with Crippen molar-refractivity contribution in [2.24, 2.45) is 10.2 Å². The Labute approximate surface area is 184 Å². The predicted octanol–water partition coefficient (Wildman–Crippen LogP) is 5.72. The van der Waals surface area contributed by atoms with E-state index in [0.717, 1.165) is 27.8 Å². The Morgan fingerprint density at radius 1 is 1.03 bits per heavy atom. The predicted molar refractivity (Wildman–Crippen MR) is 121 cm³/mol. The zero-order valence-electron chi connectivity index (χ0n) is 17.6. The van der Waals surface area contributed by atoms with Crippen molar-refractivity contribution < 1.29 is 14.6 Å². The number of nitriles is 1. The third-order valence-electron chi connectivity index (χ3n) is 5.28. The van der Waals surface area contributed by atoms with Gasteiger partial charge < -0.3 is 14.8 Å². The van der Waals surface area contributed by atoms with Crippen LogP contribution in [0.15, 0.2) is 70.9 Å². The van der Waals surface area contributed by atoms with E-state index in [9.17, 15) is 9.90 Å². The van der Waals surface area contributed by atoms with Crippen molar-refractivity contribution in [3.05, 3.63) is 77.4 Å². The lowest BCUT2D eigenvalue weighted by Gasteiger charge is -2.05. The van der Waals surface area contributed by atoms with Crippen molar-refractivity contribution in [1.82, 2.24) is 4.98 Å². The van der Waals surface area contributed by atoms with Crippen molar-refractivity contribution in [2.75, 3.05) is 6.61 Å². The van der Waals surface area contributed by atoms with Gasteiger partial charge in [0.25, 0.3) is 0 Å². The number of aryl methyl sites for hydroxylation is 2. The lowest BCUT2D eigenvalue weighted by Crippen LogP contribution is -2.07. The van der Waals surface area contributed by atoms with Crippen molar-refractivity contribution in [1.29, 1.82) is 5.26 Å². The molecule has 0 fully saturated rings. The SMILES string of the molecule is Cc1ccc2c(N=NC(=O)COc3ccc(-c4ccc(C#N)cc4)cc3)c(O)[nH]c2c1C. The second kappa shape index (κ2) is 8.74. The van der Waals surface area contributed by atoms with Gasteiger partial charge in [-0.25, -0.2) is 0 Å².